The van der Waals surface area contributed by atoms with Gasteiger partial charge < -0.3 is 14.9 Å². The lowest BCUT2D eigenvalue weighted by Crippen LogP contribution is -3.12. The van der Waals surface area contributed by atoms with Crippen LogP contribution in [0, 0.1) is 5.82 Å². The SMILES string of the molecule is CC[NH+](CC)CCN1C(=O)C(O)=C(C(=O)c2cccs2)[C@@H]1c1ccc(F)cc1. The Balaban J connectivity index is 1.99. The maximum atomic E-state index is 13.4. The van der Waals surface area contributed by atoms with Crippen molar-refractivity contribution in [3.05, 3.63) is 69.4 Å². The first-order valence-electron chi connectivity index (χ1n) is 9.39. The van der Waals surface area contributed by atoms with Crippen LogP contribution in [-0.4, -0.2) is 47.9 Å². The van der Waals surface area contributed by atoms with Crippen LogP contribution < -0.4 is 4.90 Å². The summed E-state index contributed by atoms with van der Waals surface area (Å²) >= 11 is 1.26. The van der Waals surface area contributed by atoms with Crippen molar-refractivity contribution < 1.29 is 24.0 Å². The normalized spacial score (nSPS) is 17.1. The van der Waals surface area contributed by atoms with Crippen molar-refractivity contribution in [2.45, 2.75) is 19.9 Å². The van der Waals surface area contributed by atoms with Crippen molar-refractivity contribution in [2.75, 3.05) is 26.2 Å². The molecule has 28 heavy (non-hydrogen) atoms. The van der Waals surface area contributed by atoms with Gasteiger partial charge in [0.05, 0.1) is 42.7 Å². The number of rotatable bonds is 8. The average molecular weight is 403 g/mol. The Morgan fingerprint density at radius 2 is 1.89 bits per heavy atom. The van der Waals surface area contributed by atoms with Gasteiger partial charge >= 0.3 is 0 Å². The number of nitrogens with one attached hydrogen (secondary N) is 1. The quantitative estimate of drug-likeness (QED) is 0.666. The predicted octanol–water partition coefficient (Wildman–Crippen LogP) is 2.39. The zero-order valence-corrected chi connectivity index (χ0v) is 16.8. The van der Waals surface area contributed by atoms with Gasteiger partial charge in [-0.05, 0) is 43.0 Å². The molecule has 0 bridgehead atoms. The summed E-state index contributed by atoms with van der Waals surface area (Å²) in [4.78, 5) is 29.1. The molecule has 148 valence electrons. The van der Waals surface area contributed by atoms with Crippen LogP contribution in [-0.2, 0) is 4.79 Å². The van der Waals surface area contributed by atoms with Gasteiger partial charge in [0.25, 0.3) is 5.91 Å². The number of ketones is 1. The minimum Gasteiger partial charge on any atom is -0.503 e. The standard InChI is InChI=1S/C21H23FN2O3S/c1-3-23(4-2)11-12-24-18(14-7-9-15(22)10-8-14)17(20(26)21(24)27)19(25)16-6-5-13-28-16/h5-10,13,18,26H,3-4,11-12H2,1-2H3/p+1/t18-/m0/s1. The fourth-order valence-electron chi connectivity index (χ4n) is 3.53. The summed E-state index contributed by atoms with van der Waals surface area (Å²) in [5.41, 5.74) is 0.668. The summed E-state index contributed by atoms with van der Waals surface area (Å²) in [6.45, 7) is 7.07. The molecular weight excluding hydrogens is 379 g/mol. The Bertz CT molecular complexity index is 874. The summed E-state index contributed by atoms with van der Waals surface area (Å²) in [5.74, 6) is -1.83. The second-order valence-corrected chi connectivity index (χ2v) is 7.68. The number of thiophene rings is 1. The van der Waals surface area contributed by atoms with Crippen molar-refractivity contribution in [1.29, 1.82) is 0 Å². The smallest absolute Gasteiger partial charge is 0.290 e. The number of hydrogen-bond acceptors (Lipinski definition) is 4. The number of aliphatic hydroxyl groups is 1. The lowest BCUT2D eigenvalue weighted by molar-refractivity contribution is -0.895. The van der Waals surface area contributed by atoms with Crippen LogP contribution in [0.5, 0.6) is 0 Å². The molecule has 0 unspecified atom stereocenters. The van der Waals surface area contributed by atoms with E-state index in [9.17, 15) is 19.1 Å². The number of hydrogen-bond donors (Lipinski definition) is 2. The maximum absolute atomic E-state index is 13.4. The molecule has 5 nitrogen and oxygen atoms in total. The van der Waals surface area contributed by atoms with Crippen molar-refractivity contribution in [1.82, 2.24) is 4.90 Å². The van der Waals surface area contributed by atoms with E-state index in [1.165, 1.54) is 33.3 Å². The van der Waals surface area contributed by atoms with Crippen molar-refractivity contribution in [3.8, 4) is 0 Å². The van der Waals surface area contributed by atoms with Gasteiger partial charge in [0.1, 0.15) is 5.82 Å². The summed E-state index contributed by atoms with van der Waals surface area (Å²) < 4.78 is 13.4. The van der Waals surface area contributed by atoms with E-state index in [4.69, 9.17) is 0 Å². The monoisotopic (exact) mass is 403 g/mol. The number of nitrogens with zero attached hydrogens (tertiary/aromatic N) is 1. The molecule has 2 N–H and O–H groups in total. The first-order chi connectivity index (χ1) is 13.5. The Kier molecular flexibility index (Phi) is 6.26. The van der Waals surface area contributed by atoms with E-state index in [2.05, 4.69) is 13.8 Å². The van der Waals surface area contributed by atoms with E-state index in [-0.39, 0.29) is 11.4 Å². The van der Waals surface area contributed by atoms with Gasteiger partial charge in [-0.3, -0.25) is 9.59 Å². The Hall–Kier alpha value is -2.51. The number of likely N-dealkylation sites (N-methyl/N-ethyl adjacent to an activating group) is 1. The molecular formula is C21H24FN2O3S+. The fraction of sp³-hybridized carbons (Fsp3) is 0.333. The van der Waals surface area contributed by atoms with Crippen LogP contribution in [0.25, 0.3) is 0 Å². The zero-order valence-electron chi connectivity index (χ0n) is 15.9. The summed E-state index contributed by atoms with van der Waals surface area (Å²) in [5, 5.41) is 12.3. The van der Waals surface area contributed by atoms with Crippen molar-refractivity contribution >= 4 is 23.0 Å². The molecule has 0 saturated heterocycles. The van der Waals surface area contributed by atoms with Crippen LogP contribution >= 0.6 is 11.3 Å². The van der Waals surface area contributed by atoms with Gasteiger partial charge in [0, 0.05) is 0 Å². The number of amides is 1. The molecule has 0 spiro atoms. The predicted molar refractivity (Wildman–Crippen MR) is 106 cm³/mol. The third-order valence-corrected chi connectivity index (χ3v) is 6.05. The van der Waals surface area contributed by atoms with Gasteiger partial charge in [0.2, 0.25) is 5.78 Å². The fourth-order valence-corrected chi connectivity index (χ4v) is 4.21. The number of carbonyl (C=O) groups excluding carboxylic acids is 2. The molecule has 0 radical (unpaired) electrons. The molecule has 0 saturated carbocycles. The van der Waals surface area contributed by atoms with E-state index < -0.39 is 23.5 Å². The Morgan fingerprint density at radius 1 is 1.21 bits per heavy atom. The van der Waals surface area contributed by atoms with E-state index in [1.807, 2.05) is 0 Å². The highest BCUT2D eigenvalue weighted by Gasteiger charge is 2.44. The average Bonchev–Trinajstić information content (AvgIpc) is 3.32. The van der Waals surface area contributed by atoms with E-state index >= 15 is 0 Å². The molecule has 1 aromatic heterocycles. The molecule has 1 aliphatic rings. The van der Waals surface area contributed by atoms with E-state index in [1.54, 1.807) is 29.6 Å². The first kappa shape index (κ1) is 20.2. The van der Waals surface area contributed by atoms with Crippen molar-refractivity contribution in [2.24, 2.45) is 0 Å². The molecule has 0 fully saturated rings. The van der Waals surface area contributed by atoms with Crippen LogP contribution in [0.15, 0.2) is 53.1 Å². The molecule has 1 atom stereocenters. The van der Waals surface area contributed by atoms with Crippen LogP contribution in [0.3, 0.4) is 0 Å². The Morgan fingerprint density at radius 3 is 2.46 bits per heavy atom. The molecule has 2 heterocycles. The van der Waals surface area contributed by atoms with Crippen molar-refractivity contribution in [3.63, 3.8) is 0 Å². The van der Waals surface area contributed by atoms with Gasteiger partial charge in [-0.15, -0.1) is 11.3 Å². The largest absolute Gasteiger partial charge is 0.503 e. The number of halogens is 1. The molecule has 2 aromatic rings. The third kappa shape index (κ3) is 3.86. The highest BCUT2D eigenvalue weighted by molar-refractivity contribution is 7.12. The molecule has 7 heteroatoms. The van der Waals surface area contributed by atoms with Gasteiger partial charge in [0.15, 0.2) is 5.76 Å². The summed E-state index contributed by atoms with van der Waals surface area (Å²) in [6.07, 6.45) is 0. The van der Waals surface area contributed by atoms with Gasteiger partial charge in [-0.1, -0.05) is 18.2 Å². The number of carbonyl (C=O) groups is 2. The van der Waals surface area contributed by atoms with Crippen LogP contribution in [0.1, 0.15) is 35.1 Å². The topological polar surface area (TPSA) is 62.1 Å². The molecule has 3 rings (SSSR count). The second-order valence-electron chi connectivity index (χ2n) is 6.73. The lowest BCUT2D eigenvalue weighted by atomic mass is 9.95. The number of Topliss-reactive ketones (excluding diaryl/α,β-unsaturated/α-hetero) is 1. The van der Waals surface area contributed by atoms with Gasteiger partial charge in [-0.25, -0.2) is 4.39 Å². The lowest BCUT2D eigenvalue weighted by Gasteiger charge is -2.28. The number of quaternary nitrogens is 1. The molecule has 1 aromatic carbocycles. The molecule has 0 aliphatic carbocycles. The second kappa shape index (κ2) is 8.67. The zero-order chi connectivity index (χ0) is 20.3. The number of aliphatic hydroxyl groups excluding tert-OH is 1. The molecule has 1 aliphatic heterocycles. The Labute approximate surface area is 167 Å². The number of benzene rings is 1. The maximum Gasteiger partial charge on any atom is 0.290 e. The van der Waals surface area contributed by atoms with Crippen LogP contribution in [0.2, 0.25) is 0 Å². The van der Waals surface area contributed by atoms with Crippen LogP contribution in [0.4, 0.5) is 4.39 Å². The van der Waals surface area contributed by atoms with E-state index in [0.717, 1.165) is 13.1 Å². The summed E-state index contributed by atoms with van der Waals surface area (Å²) in [7, 11) is 0. The third-order valence-electron chi connectivity index (χ3n) is 5.19. The minimum atomic E-state index is -0.724. The molecule has 1 amide bonds. The van der Waals surface area contributed by atoms with E-state index in [0.29, 0.717) is 23.5 Å². The minimum absolute atomic E-state index is 0.0635. The highest BCUT2D eigenvalue weighted by Crippen LogP contribution is 2.39. The highest BCUT2D eigenvalue weighted by atomic mass is 32.1. The van der Waals surface area contributed by atoms with Gasteiger partial charge in [-0.2, -0.15) is 0 Å². The first-order valence-corrected chi connectivity index (χ1v) is 10.3. The summed E-state index contributed by atoms with van der Waals surface area (Å²) in [6, 6.07) is 8.42.